The van der Waals surface area contributed by atoms with E-state index in [0.717, 1.165) is 0 Å². The number of rotatable bonds is 5. The first kappa shape index (κ1) is 30.8. The fourth-order valence-electron chi connectivity index (χ4n) is 6.67. The van der Waals surface area contributed by atoms with E-state index < -0.39 is 6.80 Å². The summed E-state index contributed by atoms with van der Waals surface area (Å²) in [5.41, 5.74) is -0.154. The molecule has 0 radical (unpaired) electrons. The van der Waals surface area contributed by atoms with Gasteiger partial charge in [0, 0.05) is 17.9 Å². The van der Waals surface area contributed by atoms with Gasteiger partial charge in [-0.15, -0.1) is 0 Å². The molecule has 0 saturated carbocycles. The van der Waals surface area contributed by atoms with Crippen molar-refractivity contribution in [2.45, 2.75) is 113 Å². The van der Waals surface area contributed by atoms with Crippen LogP contribution in [0.3, 0.4) is 0 Å². The molecule has 0 spiro atoms. The fourth-order valence-corrected chi connectivity index (χ4v) is 8.14. The summed E-state index contributed by atoms with van der Waals surface area (Å²) in [5.74, 6) is 0.687. The van der Waals surface area contributed by atoms with Crippen LogP contribution in [-0.2, 0) is 23.1 Å². The van der Waals surface area contributed by atoms with Gasteiger partial charge in [0.2, 0.25) is 0 Å². The quantitative estimate of drug-likeness (QED) is 0.310. The lowest BCUT2D eigenvalue weighted by molar-refractivity contribution is -0.0356. The molecule has 9 heteroatoms. The molecule has 0 bridgehead atoms. The molecular formula is C25H51B2O5PS. The number of ether oxygens (including phenoxy) is 2. The highest BCUT2D eigenvalue weighted by Crippen LogP contribution is 2.60. The molecule has 0 aromatic heterocycles. The molecule has 2 rings (SSSR count). The van der Waals surface area contributed by atoms with Gasteiger partial charge < -0.3 is 9.47 Å². The Kier molecular flexibility index (Phi) is 9.07. The van der Waals surface area contributed by atoms with Crippen molar-refractivity contribution in [1.29, 1.82) is 0 Å². The molecule has 0 N–H and O–H groups in total. The molecule has 2 heterocycles. The predicted octanol–water partition coefficient (Wildman–Crippen LogP) is 5.18. The average molecular weight is 516 g/mol. The van der Waals surface area contributed by atoms with Crippen LogP contribution in [0, 0.1) is 39.4 Å². The summed E-state index contributed by atoms with van der Waals surface area (Å²) in [6.07, 6.45) is -0.743. The van der Waals surface area contributed by atoms with Crippen molar-refractivity contribution in [3.05, 3.63) is 0 Å². The normalized spacial score (nSPS) is 37.7. The van der Waals surface area contributed by atoms with Gasteiger partial charge in [-0.3, -0.25) is 9.05 Å². The molecule has 5 nitrogen and oxygen atoms in total. The highest BCUT2D eigenvalue weighted by Gasteiger charge is 2.55. The number of hydrogen-bond acceptors (Lipinski definition) is 5. The summed E-state index contributed by atoms with van der Waals surface area (Å²) >= 11 is 4.44. The van der Waals surface area contributed by atoms with E-state index in [-0.39, 0.29) is 70.4 Å². The first-order valence-electron chi connectivity index (χ1n) is 12.9. The van der Waals surface area contributed by atoms with Gasteiger partial charge >= 0.3 is 6.80 Å². The maximum Gasteiger partial charge on any atom is 0.386 e. The minimum atomic E-state index is -3.66. The van der Waals surface area contributed by atoms with Crippen LogP contribution in [0.25, 0.3) is 0 Å². The standard InChI is InChI=1S/C25H51B2O5PS/c1-22(2,3)15-14(30-20(26)16(15)23(4,5)6)13-29-33(28,34)32-18-17(24(7,8)9)21(27)31-19(18)25(10,11)12/h14-21H,13,26-27H2,1-12H3,(H,28,34)/t14-,15?,16+,17+,18?,19+,20-,21-,33+/m1/s1. The van der Waals surface area contributed by atoms with Crippen molar-refractivity contribution in [1.82, 2.24) is 0 Å². The van der Waals surface area contributed by atoms with Crippen molar-refractivity contribution >= 4 is 34.7 Å². The zero-order chi connectivity index (χ0) is 26.7. The zero-order valence-electron chi connectivity index (χ0n) is 24.3. The second-order valence-corrected chi connectivity index (χ2v) is 17.9. The van der Waals surface area contributed by atoms with E-state index in [1.165, 1.54) is 0 Å². The first-order valence-corrected chi connectivity index (χ1v) is 15.6. The van der Waals surface area contributed by atoms with Crippen LogP contribution < -0.4 is 0 Å². The lowest BCUT2D eigenvalue weighted by atomic mass is 9.59. The van der Waals surface area contributed by atoms with Gasteiger partial charge in [-0.05, 0) is 33.5 Å². The highest BCUT2D eigenvalue weighted by molar-refractivity contribution is 8.44. The predicted molar refractivity (Wildman–Crippen MR) is 150 cm³/mol. The Labute approximate surface area is 217 Å². The lowest BCUT2D eigenvalue weighted by Crippen LogP contribution is -2.43. The van der Waals surface area contributed by atoms with E-state index in [0.29, 0.717) is 5.92 Å². The van der Waals surface area contributed by atoms with Crippen molar-refractivity contribution in [2.24, 2.45) is 39.4 Å². The molecule has 34 heavy (non-hydrogen) atoms. The third-order valence-corrected chi connectivity index (χ3v) is 9.33. The molecule has 2 saturated heterocycles. The second-order valence-electron chi connectivity index (χ2n) is 15.0. The average Bonchev–Trinajstić information content (AvgIpc) is 3.08. The molecule has 2 fully saturated rings. The van der Waals surface area contributed by atoms with Crippen LogP contribution in [0.1, 0.15) is 83.1 Å². The third-order valence-electron chi connectivity index (χ3n) is 7.71. The monoisotopic (exact) mass is 516 g/mol. The Morgan fingerprint density at radius 2 is 1.18 bits per heavy atom. The minimum Gasteiger partial charge on any atom is -0.381 e. The second kappa shape index (κ2) is 10.0. The number of hydrogen-bond donors (Lipinski definition) is 1. The van der Waals surface area contributed by atoms with Gasteiger partial charge in [0.1, 0.15) is 15.7 Å². The highest BCUT2D eigenvalue weighted by atomic mass is 32.7. The third kappa shape index (κ3) is 7.10. The van der Waals surface area contributed by atoms with Crippen LogP contribution in [0.2, 0.25) is 0 Å². The van der Waals surface area contributed by atoms with Gasteiger partial charge in [0.25, 0.3) is 0 Å². The van der Waals surface area contributed by atoms with Crippen molar-refractivity contribution in [3.8, 4) is 0 Å². The van der Waals surface area contributed by atoms with E-state index in [2.05, 4.69) is 111 Å². The Morgan fingerprint density at radius 3 is 1.59 bits per heavy atom. The van der Waals surface area contributed by atoms with E-state index in [9.17, 15) is 4.57 Å². The molecule has 0 aliphatic carbocycles. The maximum absolute atomic E-state index is 13.6. The van der Waals surface area contributed by atoms with Crippen LogP contribution in [0.15, 0.2) is 0 Å². The van der Waals surface area contributed by atoms with Crippen molar-refractivity contribution in [2.75, 3.05) is 6.61 Å². The van der Waals surface area contributed by atoms with E-state index in [1.54, 1.807) is 0 Å². The summed E-state index contributed by atoms with van der Waals surface area (Å²) in [4.78, 5) is 0. The smallest absolute Gasteiger partial charge is 0.381 e. The zero-order valence-corrected chi connectivity index (χ0v) is 26.1. The Balaban J connectivity index is 2.24. The molecule has 2 aliphatic rings. The Morgan fingerprint density at radius 1 is 0.735 bits per heavy atom. The summed E-state index contributed by atoms with van der Waals surface area (Å²) < 4.78 is 38.6. The molecule has 0 amide bonds. The summed E-state index contributed by atoms with van der Waals surface area (Å²) in [7, 11) is 4.22. The van der Waals surface area contributed by atoms with Crippen LogP contribution in [0.5, 0.6) is 0 Å². The van der Waals surface area contributed by atoms with E-state index >= 15 is 0 Å². The van der Waals surface area contributed by atoms with Crippen LogP contribution in [0.4, 0.5) is 0 Å². The van der Waals surface area contributed by atoms with Gasteiger partial charge in [0.15, 0.2) is 0 Å². The minimum absolute atomic E-state index is 0.0145. The molecule has 0 aromatic carbocycles. The first-order chi connectivity index (χ1) is 15.0. The molecule has 0 aromatic rings. The molecule has 198 valence electrons. The van der Waals surface area contributed by atoms with Gasteiger partial charge in [-0.1, -0.05) is 95.3 Å². The Hall–Kier alpha value is 0.550. The topological polar surface area (TPSA) is 54.0 Å². The molecule has 9 atom stereocenters. The van der Waals surface area contributed by atoms with Crippen molar-refractivity contribution < 1.29 is 23.1 Å². The van der Waals surface area contributed by atoms with Crippen LogP contribution in [-0.4, -0.2) is 52.6 Å². The molecule has 2 aliphatic heterocycles. The maximum atomic E-state index is 13.6. The van der Waals surface area contributed by atoms with Gasteiger partial charge in [-0.2, -0.15) is 0 Å². The Bertz CT molecular complexity index is 752. The molecule has 2 unspecified atom stereocenters. The van der Waals surface area contributed by atoms with E-state index in [4.69, 9.17) is 18.5 Å². The van der Waals surface area contributed by atoms with Gasteiger partial charge in [-0.25, -0.2) is 4.57 Å². The number of thiol groups is 1. The van der Waals surface area contributed by atoms with Gasteiger partial charge in [0.05, 0.1) is 24.9 Å². The summed E-state index contributed by atoms with van der Waals surface area (Å²) in [6, 6.07) is 0.0806. The summed E-state index contributed by atoms with van der Waals surface area (Å²) in [6.45, 7) is 23.0. The SMILES string of the molecule is B[C@@H]1O[C@H](C(C)(C)C)C(O[P@@](=O)(S)OC[C@H]2O[C@@H](B)[C@@H](C(C)(C)C)C2C(C)(C)C)[C@@H]1C(C)(C)C. The lowest BCUT2D eigenvalue weighted by Gasteiger charge is -2.41. The summed E-state index contributed by atoms with van der Waals surface area (Å²) in [5, 5.41) is 0. The van der Waals surface area contributed by atoms with Crippen molar-refractivity contribution in [3.63, 3.8) is 0 Å². The molecular weight excluding hydrogens is 465 g/mol. The van der Waals surface area contributed by atoms with E-state index in [1.807, 2.05) is 0 Å². The largest absolute Gasteiger partial charge is 0.386 e. The fraction of sp³-hybridized carbons (Fsp3) is 1.00. The van der Waals surface area contributed by atoms with Crippen LogP contribution >= 0.6 is 19.0 Å².